The van der Waals surface area contributed by atoms with Gasteiger partial charge in [0.2, 0.25) is 0 Å². The highest BCUT2D eigenvalue weighted by Gasteiger charge is 2.51. The second kappa shape index (κ2) is 7.13. The molecule has 0 saturated carbocycles. The molecular weight excluding hydrogens is 324 g/mol. The Labute approximate surface area is 148 Å². The molecule has 2 fully saturated rings. The van der Waals surface area contributed by atoms with Crippen LogP contribution >= 0.6 is 0 Å². The van der Waals surface area contributed by atoms with Gasteiger partial charge in [-0.05, 0) is 33.3 Å². The molecule has 2 aliphatic heterocycles. The SMILES string of the molecule is CC1(C)O[C@H]([C@H](OCc2ccccc2)[C@@H]2COC(C)(C)O2)[C@H](C=O)O1. The summed E-state index contributed by atoms with van der Waals surface area (Å²) >= 11 is 0. The van der Waals surface area contributed by atoms with Gasteiger partial charge in [-0.25, -0.2) is 0 Å². The molecule has 0 unspecified atom stereocenters. The Morgan fingerprint density at radius 1 is 1.12 bits per heavy atom. The smallest absolute Gasteiger partial charge is 0.164 e. The molecule has 0 aliphatic carbocycles. The van der Waals surface area contributed by atoms with Crippen molar-refractivity contribution < 1.29 is 28.5 Å². The van der Waals surface area contributed by atoms with Crippen LogP contribution in [0.1, 0.15) is 33.3 Å². The molecule has 4 atom stereocenters. The van der Waals surface area contributed by atoms with Crippen molar-refractivity contribution in [1.82, 2.24) is 0 Å². The maximum Gasteiger partial charge on any atom is 0.164 e. The van der Waals surface area contributed by atoms with E-state index in [-0.39, 0.29) is 6.10 Å². The van der Waals surface area contributed by atoms with Crippen LogP contribution in [0.5, 0.6) is 0 Å². The summed E-state index contributed by atoms with van der Waals surface area (Å²) in [6.45, 7) is 8.04. The van der Waals surface area contributed by atoms with Crippen molar-refractivity contribution in [2.75, 3.05) is 6.61 Å². The molecule has 3 rings (SSSR count). The number of hydrogen-bond acceptors (Lipinski definition) is 6. The molecule has 2 heterocycles. The zero-order valence-electron chi connectivity index (χ0n) is 15.1. The molecule has 0 spiro atoms. The summed E-state index contributed by atoms with van der Waals surface area (Å²) in [5, 5.41) is 0. The zero-order valence-corrected chi connectivity index (χ0v) is 15.1. The Kier molecular flexibility index (Phi) is 5.27. The quantitative estimate of drug-likeness (QED) is 0.735. The molecule has 138 valence electrons. The van der Waals surface area contributed by atoms with Gasteiger partial charge in [0.15, 0.2) is 17.9 Å². The summed E-state index contributed by atoms with van der Waals surface area (Å²) < 4.78 is 29.5. The minimum Gasteiger partial charge on any atom is -0.368 e. The maximum absolute atomic E-state index is 11.5. The number of carbonyl (C=O) groups is 1. The summed E-state index contributed by atoms with van der Waals surface area (Å²) in [6.07, 6.45) is -1.33. The number of aldehydes is 1. The molecule has 6 nitrogen and oxygen atoms in total. The highest BCUT2D eigenvalue weighted by molar-refractivity contribution is 5.58. The minimum absolute atomic E-state index is 0.344. The molecule has 0 N–H and O–H groups in total. The Bertz CT molecular complexity index is 585. The second-order valence-corrected chi connectivity index (χ2v) is 7.33. The van der Waals surface area contributed by atoms with E-state index in [1.165, 1.54) is 0 Å². The lowest BCUT2D eigenvalue weighted by Crippen LogP contribution is -2.47. The lowest BCUT2D eigenvalue weighted by molar-refractivity contribution is -0.190. The topological polar surface area (TPSA) is 63.2 Å². The Morgan fingerprint density at radius 3 is 2.44 bits per heavy atom. The summed E-state index contributed by atoms with van der Waals surface area (Å²) in [5.74, 6) is -1.54. The molecule has 2 saturated heterocycles. The Morgan fingerprint density at radius 2 is 1.84 bits per heavy atom. The van der Waals surface area contributed by atoms with Gasteiger partial charge in [0.1, 0.15) is 24.4 Å². The van der Waals surface area contributed by atoms with Crippen molar-refractivity contribution in [3.8, 4) is 0 Å². The van der Waals surface area contributed by atoms with E-state index in [0.717, 1.165) is 11.8 Å². The fraction of sp³-hybridized carbons (Fsp3) is 0.632. The number of rotatable bonds is 6. The van der Waals surface area contributed by atoms with Gasteiger partial charge in [0.25, 0.3) is 0 Å². The monoisotopic (exact) mass is 350 g/mol. The predicted molar refractivity (Wildman–Crippen MR) is 89.8 cm³/mol. The van der Waals surface area contributed by atoms with Crippen LogP contribution in [0.3, 0.4) is 0 Å². The summed E-state index contributed by atoms with van der Waals surface area (Å²) in [4.78, 5) is 11.5. The first-order valence-electron chi connectivity index (χ1n) is 8.58. The third kappa shape index (κ3) is 4.46. The number of benzene rings is 1. The van der Waals surface area contributed by atoms with E-state index in [1.54, 1.807) is 13.8 Å². The lowest BCUT2D eigenvalue weighted by Gasteiger charge is -2.30. The van der Waals surface area contributed by atoms with Crippen LogP contribution in [0.4, 0.5) is 0 Å². The molecule has 0 radical (unpaired) electrons. The summed E-state index contributed by atoms with van der Waals surface area (Å²) in [6, 6.07) is 9.84. The minimum atomic E-state index is -0.848. The molecule has 1 aromatic carbocycles. The lowest BCUT2D eigenvalue weighted by atomic mass is 10.0. The number of ether oxygens (including phenoxy) is 5. The van der Waals surface area contributed by atoms with E-state index in [4.69, 9.17) is 23.7 Å². The molecule has 0 bridgehead atoms. The zero-order chi connectivity index (χ0) is 18.1. The largest absolute Gasteiger partial charge is 0.368 e. The van der Waals surface area contributed by atoms with Crippen molar-refractivity contribution in [2.24, 2.45) is 0 Å². The van der Waals surface area contributed by atoms with E-state index in [2.05, 4.69) is 0 Å². The molecule has 2 aliphatic rings. The van der Waals surface area contributed by atoms with Gasteiger partial charge in [-0.2, -0.15) is 0 Å². The van der Waals surface area contributed by atoms with Crippen molar-refractivity contribution in [2.45, 2.75) is 70.3 Å². The fourth-order valence-corrected chi connectivity index (χ4v) is 3.23. The Hall–Kier alpha value is -1.31. The number of hydrogen-bond donors (Lipinski definition) is 0. The first kappa shape index (κ1) is 18.5. The van der Waals surface area contributed by atoms with E-state index in [9.17, 15) is 4.79 Å². The van der Waals surface area contributed by atoms with Crippen LogP contribution in [0.15, 0.2) is 30.3 Å². The van der Waals surface area contributed by atoms with Crippen molar-refractivity contribution in [1.29, 1.82) is 0 Å². The molecule has 6 heteroatoms. The van der Waals surface area contributed by atoms with Crippen LogP contribution in [-0.2, 0) is 35.1 Å². The van der Waals surface area contributed by atoms with Crippen LogP contribution in [-0.4, -0.2) is 48.9 Å². The molecule has 0 amide bonds. The van der Waals surface area contributed by atoms with E-state index in [0.29, 0.717) is 13.2 Å². The number of carbonyl (C=O) groups excluding carboxylic acids is 1. The first-order chi connectivity index (χ1) is 11.8. The van der Waals surface area contributed by atoms with E-state index >= 15 is 0 Å². The van der Waals surface area contributed by atoms with Gasteiger partial charge in [-0.1, -0.05) is 30.3 Å². The van der Waals surface area contributed by atoms with E-state index < -0.39 is 29.9 Å². The van der Waals surface area contributed by atoms with Gasteiger partial charge in [0, 0.05) is 0 Å². The van der Waals surface area contributed by atoms with Crippen LogP contribution in [0.25, 0.3) is 0 Å². The van der Waals surface area contributed by atoms with Crippen LogP contribution in [0, 0.1) is 0 Å². The first-order valence-corrected chi connectivity index (χ1v) is 8.58. The molecular formula is C19H26O6. The van der Waals surface area contributed by atoms with Gasteiger partial charge in [-0.3, -0.25) is 0 Å². The second-order valence-electron chi connectivity index (χ2n) is 7.33. The van der Waals surface area contributed by atoms with Gasteiger partial charge in [-0.15, -0.1) is 0 Å². The third-order valence-corrected chi connectivity index (χ3v) is 4.30. The molecule has 25 heavy (non-hydrogen) atoms. The van der Waals surface area contributed by atoms with Crippen molar-refractivity contribution in [3.63, 3.8) is 0 Å². The van der Waals surface area contributed by atoms with Crippen LogP contribution < -0.4 is 0 Å². The van der Waals surface area contributed by atoms with Crippen LogP contribution in [0.2, 0.25) is 0 Å². The average molecular weight is 350 g/mol. The standard InChI is InChI=1S/C19H26O6/c1-18(2)22-12-15(24-18)16(21-11-13-8-6-5-7-9-13)17-14(10-20)23-19(3,4)25-17/h5-10,14-17H,11-12H2,1-4H3/t14-,15-,16+,17-/m0/s1. The van der Waals surface area contributed by atoms with Crippen molar-refractivity contribution in [3.05, 3.63) is 35.9 Å². The fourth-order valence-electron chi connectivity index (χ4n) is 3.23. The molecule has 0 aromatic heterocycles. The normalized spacial score (nSPS) is 31.8. The van der Waals surface area contributed by atoms with Crippen molar-refractivity contribution >= 4 is 6.29 Å². The summed E-state index contributed by atoms with van der Waals surface area (Å²) in [7, 11) is 0. The highest BCUT2D eigenvalue weighted by Crippen LogP contribution is 2.35. The van der Waals surface area contributed by atoms with Gasteiger partial charge < -0.3 is 28.5 Å². The third-order valence-electron chi connectivity index (χ3n) is 4.30. The van der Waals surface area contributed by atoms with E-state index in [1.807, 2.05) is 44.2 Å². The predicted octanol–water partition coefficient (Wildman–Crippen LogP) is 2.44. The van der Waals surface area contributed by atoms with Gasteiger partial charge in [0.05, 0.1) is 13.2 Å². The van der Waals surface area contributed by atoms with Gasteiger partial charge >= 0.3 is 0 Å². The average Bonchev–Trinajstić information content (AvgIpc) is 3.07. The maximum atomic E-state index is 11.5. The summed E-state index contributed by atoms with van der Waals surface area (Å²) in [5.41, 5.74) is 1.03. The Balaban J connectivity index is 1.78. The molecule has 1 aromatic rings. The highest BCUT2D eigenvalue weighted by atomic mass is 16.8.